The quantitative estimate of drug-likeness (QED) is 0.892. The summed E-state index contributed by atoms with van der Waals surface area (Å²) in [7, 11) is 0. The van der Waals surface area contributed by atoms with Crippen LogP contribution in [0.25, 0.3) is 0 Å². The molecule has 7 heteroatoms. The largest absolute Gasteiger partial charge is 0.348 e. The highest BCUT2D eigenvalue weighted by Crippen LogP contribution is 2.23. The molecule has 0 radical (unpaired) electrons. The molecule has 1 N–H and O–H groups in total. The third-order valence-corrected chi connectivity index (χ3v) is 6.11. The van der Waals surface area contributed by atoms with Crippen LogP contribution < -0.4 is 5.32 Å². The highest BCUT2D eigenvalue weighted by Gasteiger charge is 2.24. The summed E-state index contributed by atoms with van der Waals surface area (Å²) in [6, 6.07) is 4.91. The number of aromatic nitrogens is 3. The lowest BCUT2D eigenvalue weighted by atomic mass is 10.1. The number of carbonyl (C=O) groups is 1. The van der Waals surface area contributed by atoms with Gasteiger partial charge in [0.25, 0.3) is 5.91 Å². The van der Waals surface area contributed by atoms with Crippen molar-refractivity contribution in [3.8, 4) is 0 Å². The van der Waals surface area contributed by atoms with Crippen LogP contribution in [0.5, 0.6) is 0 Å². The lowest BCUT2D eigenvalue weighted by Gasteiger charge is -2.32. The molecule has 1 atom stereocenters. The van der Waals surface area contributed by atoms with Gasteiger partial charge < -0.3 is 5.32 Å². The summed E-state index contributed by atoms with van der Waals surface area (Å²) >= 11 is 1.81. The maximum atomic E-state index is 12.3. The second-order valence-corrected chi connectivity index (χ2v) is 8.18. The van der Waals surface area contributed by atoms with E-state index >= 15 is 0 Å². The third-order valence-electron chi connectivity index (χ3n) is 5.25. The molecule has 0 aromatic carbocycles. The molecule has 0 spiro atoms. The van der Waals surface area contributed by atoms with E-state index in [1.54, 1.807) is 0 Å². The van der Waals surface area contributed by atoms with Crippen molar-refractivity contribution in [3.05, 3.63) is 34.3 Å². The first-order valence-electron chi connectivity index (χ1n) is 9.25. The number of carbonyl (C=O) groups excluding carboxylic acids is 1. The first-order chi connectivity index (χ1) is 12.3. The molecule has 2 aliphatic rings. The number of rotatable bonds is 5. The fraction of sp³-hybridized carbons (Fsp3) is 0.611. The van der Waals surface area contributed by atoms with Gasteiger partial charge in [-0.05, 0) is 43.7 Å². The van der Waals surface area contributed by atoms with Crippen LogP contribution in [0.1, 0.15) is 59.9 Å². The van der Waals surface area contributed by atoms with Gasteiger partial charge in [0.15, 0.2) is 5.69 Å². The van der Waals surface area contributed by atoms with Crippen LogP contribution in [0.4, 0.5) is 0 Å². The Morgan fingerprint density at radius 1 is 1.28 bits per heavy atom. The van der Waals surface area contributed by atoms with Crippen molar-refractivity contribution in [2.45, 2.75) is 57.2 Å². The Morgan fingerprint density at radius 2 is 2.16 bits per heavy atom. The molecule has 1 saturated heterocycles. The van der Waals surface area contributed by atoms with Crippen LogP contribution in [-0.4, -0.2) is 44.9 Å². The Balaban J connectivity index is 1.36. The van der Waals surface area contributed by atoms with Gasteiger partial charge in [-0.2, -0.15) is 0 Å². The Hall–Kier alpha value is -1.73. The van der Waals surface area contributed by atoms with E-state index in [-0.39, 0.29) is 5.91 Å². The fourth-order valence-corrected chi connectivity index (χ4v) is 4.65. The summed E-state index contributed by atoms with van der Waals surface area (Å²) < 4.78 is 1.89. The monoisotopic (exact) mass is 359 g/mol. The number of hydrogen-bond acceptors (Lipinski definition) is 5. The van der Waals surface area contributed by atoms with E-state index in [0.717, 1.165) is 45.3 Å². The molecule has 0 unspecified atom stereocenters. The summed E-state index contributed by atoms with van der Waals surface area (Å²) in [4.78, 5) is 16.2. The van der Waals surface area contributed by atoms with E-state index in [4.69, 9.17) is 0 Å². The summed E-state index contributed by atoms with van der Waals surface area (Å²) in [5.41, 5.74) is 0.447. The Kier molecular flexibility index (Phi) is 5.12. The molecule has 6 nitrogen and oxygen atoms in total. The molecule has 1 aliphatic carbocycles. The number of hydrogen-bond donors (Lipinski definition) is 1. The number of likely N-dealkylation sites (tertiary alicyclic amines) is 1. The smallest absolute Gasteiger partial charge is 0.273 e. The van der Waals surface area contributed by atoms with E-state index in [1.165, 1.54) is 17.7 Å². The highest BCUT2D eigenvalue weighted by molar-refractivity contribution is 7.09. The molecule has 3 heterocycles. The van der Waals surface area contributed by atoms with Crippen LogP contribution in [0.15, 0.2) is 23.7 Å². The zero-order valence-electron chi connectivity index (χ0n) is 14.4. The SMILES string of the molecule is O=C(NC1CCCC1)c1cn([C@H]2CCCN(Cc3cccs3)C2)nn1. The number of nitrogens with zero attached hydrogens (tertiary/aromatic N) is 4. The first kappa shape index (κ1) is 16.7. The molecule has 1 aliphatic heterocycles. The first-order valence-corrected chi connectivity index (χ1v) is 10.1. The minimum absolute atomic E-state index is 0.0793. The standard InChI is InChI=1S/C18H25N5OS/c24-18(19-14-5-1-2-6-14)17-13-23(21-20-17)15-7-3-9-22(11-15)12-16-8-4-10-25-16/h4,8,10,13-15H,1-3,5-7,9,11-12H2,(H,19,24)/t15-/m0/s1. The molecule has 0 bridgehead atoms. The summed E-state index contributed by atoms with van der Waals surface area (Å²) in [5, 5.41) is 13.6. The number of thiophene rings is 1. The summed E-state index contributed by atoms with van der Waals surface area (Å²) in [6.07, 6.45) is 8.65. The van der Waals surface area contributed by atoms with E-state index < -0.39 is 0 Å². The molecule has 2 aromatic heterocycles. The van der Waals surface area contributed by atoms with Gasteiger partial charge in [0.2, 0.25) is 0 Å². The summed E-state index contributed by atoms with van der Waals surface area (Å²) in [6.45, 7) is 3.08. The topological polar surface area (TPSA) is 63.1 Å². The van der Waals surface area contributed by atoms with Crippen molar-refractivity contribution in [2.75, 3.05) is 13.1 Å². The lowest BCUT2D eigenvalue weighted by Crippen LogP contribution is -2.36. The average Bonchev–Trinajstić information content (AvgIpc) is 3.38. The van der Waals surface area contributed by atoms with Crippen molar-refractivity contribution in [1.29, 1.82) is 0 Å². The molecular weight excluding hydrogens is 334 g/mol. The maximum absolute atomic E-state index is 12.3. The van der Waals surface area contributed by atoms with Crippen molar-refractivity contribution in [1.82, 2.24) is 25.2 Å². The molecule has 134 valence electrons. The van der Waals surface area contributed by atoms with E-state index in [2.05, 4.69) is 38.0 Å². The van der Waals surface area contributed by atoms with Gasteiger partial charge >= 0.3 is 0 Å². The number of nitrogens with one attached hydrogen (secondary N) is 1. The van der Waals surface area contributed by atoms with Crippen molar-refractivity contribution in [2.24, 2.45) is 0 Å². The fourth-order valence-electron chi connectivity index (χ4n) is 3.90. The minimum Gasteiger partial charge on any atom is -0.348 e. The van der Waals surface area contributed by atoms with Crippen molar-refractivity contribution < 1.29 is 4.79 Å². The molecule has 2 aromatic rings. The van der Waals surface area contributed by atoms with Gasteiger partial charge in [0.1, 0.15) is 0 Å². The zero-order chi connectivity index (χ0) is 17.1. The normalized spacial score (nSPS) is 22.3. The molecule has 25 heavy (non-hydrogen) atoms. The molecule has 1 saturated carbocycles. The molecule has 2 fully saturated rings. The highest BCUT2D eigenvalue weighted by atomic mass is 32.1. The number of piperidine rings is 1. The van der Waals surface area contributed by atoms with Gasteiger partial charge in [-0.25, -0.2) is 4.68 Å². The predicted octanol–water partition coefficient (Wildman–Crippen LogP) is 2.85. The van der Waals surface area contributed by atoms with Gasteiger partial charge in [-0.15, -0.1) is 16.4 Å². The minimum atomic E-state index is -0.0793. The van der Waals surface area contributed by atoms with Crippen LogP contribution in [0.2, 0.25) is 0 Å². The van der Waals surface area contributed by atoms with Gasteiger partial charge in [-0.1, -0.05) is 24.1 Å². The lowest BCUT2D eigenvalue weighted by molar-refractivity contribution is 0.0932. The Labute approximate surface area is 152 Å². The van der Waals surface area contributed by atoms with Crippen LogP contribution in [-0.2, 0) is 6.54 Å². The second-order valence-electron chi connectivity index (χ2n) is 7.15. The molecule has 4 rings (SSSR count). The van der Waals surface area contributed by atoms with Gasteiger partial charge in [-0.3, -0.25) is 9.69 Å². The van der Waals surface area contributed by atoms with E-state index in [0.29, 0.717) is 17.8 Å². The molecular formula is C18H25N5OS. The molecule has 1 amide bonds. The van der Waals surface area contributed by atoms with Gasteiger partial charge in [0.05, 0.1) is 12.2 Å². The van der Waals surface area contributed by atoms with Crippen molar-refractivity contribution >= 4 is 17.2 Å². The second kappa shape index (κ2) is 7.66. The van der Waals surface area contributed by atoms with Crippen LogP contribution in [0, 0.1) is 0 Å². The zero-order valence-corrected chi connectivity index (χ0v) is 15.2. The van der Waals surface area contributed by atoms with Crippen molar-refractivity contribution in [3.63, 3.8) is 0 Å². The third kappa shape index (κ3) is 4.10. The van der Waals surface area contributed by atoms with E-state index in [9.17, 15) is 4.79 Å². The van der Waals surface area contributed by atoms with Crippen LogP contribution in [0.3, 0.4) is 0 Å². The Morgan fingerprint density at radius 3 is 2.96 bits per heavy atom. The summed E-state index contributed by atoms with van der Waals surface area (Å²) in [5.74, 6) is -0.0793. The van der Waals surface area contributed by atoms with Crippen LogP contribution >= 0.6 is 11.3 Å². The van der Waals surface area contributed by atoms with E-state index in [1.807, 2.05) is 22.2 Å². The number of amides is 1. The predicted molar refractivity (Wildman–Crippen MR) is 97.6 cm³/mol. The average molecular weight is 359 g/mol. The Bertz CT molecular complexity index is 692. The maximum Gasteiger partial charge on any atom is 0.273 e. The van der Waals surface area contributed by atoms with Gasteiger partial charge in [0, 0.05) is 24.0 Å².